The lowest BCUT2D eigenvalue weighted by molar-refractivity contribution is 0.0586. The number of anilines is 1. The molecule has 20 heavy (non-hydrogen) atoms. The van der Waals surface area contributed by atoms with Crippen LogP contribution in [0.25, 0.3) is 0 Å². The maximum atomic E-state index is 4.28. The molecule has 0 bridgehead atoms. The predicted octanol–water partition coefficient (Wildman–Crippen LogP) is 2.28. The maximum absolute atomic E-state index is 4.28. The summed E-state index contributed by atoms with van der Waals surface area (Å²) in [5.41, 5.74) is 1.38. The van der Waals surface area contributed by atoms with Crippen molar-refractivity contribution in [2.24, 2.45) is 0 Å². The Hall–Kier alpha value is -0.720. The van der Waals surface area contributed by atoms with Crippen LogP contribution in [0.15, 0.2) is 0 Å². The molecule has 0 unspecified atom stereocenters. The first-order valence-electron chi connectivity index (χ1n) is 7.53. The minimum Gasteiger partial charge on any atom is -0.374 e. The van der Waals surface area contributed by atoms with E-state index in [9.17, 15) is 0 Å². The molecular weight excluding hydrogens is 270 g/mol. The van der Waals surface area contributed by atoms with Gasteiger partial charge in [-0.15, -0.1) is 5.10 Å². The molecule has 2 rings (SSSR count). The van der Waals surface area contributed by atoms with E-state index in [1.807, 2.05) is 0 Å². The molecule has 0 radical (unpaired) electrons. The van der Waals surface area contributed by atoms with Gasteiger partial charge < -0.3 is 5.32 Å². The summed E-state index contributed by atoms with van der Waals surface area (Å²) >= 11 is 1.47. The second-order valence-corrected chi connectivity index (χ2v) is 7.16. The zero-order valence-corrected chi connectivity index (χ0v) is 14.0. The van der Waals surface area contributed by atoms with Crippen LogP contribution in [0.5, 0.6) is 0 Å². The third kappa shape index (κ3) is 4.14. The van der Waals surface area contributed by atoms with Gasteiger partial charge in [0.2, 0.25) is 0 Å². The van der Waals surface area contributed by atoms with Gasteiger partial charge >= 0.3 is 0 Å². The van der Waals surface area contributed by atoms with Crippen LogP contribution in [-0.4, -0.2) is 57.6 Å². The Labute approximate surface area is 126 Å². The van der Waals surface area contributed by atoms with Crippen molar-refractivity contribution >= 4 is 16.5 Å². The number of nitrogens with one attached hydrogen (secondary N) is 1. The van der Waals surface area contributed by atoms with Crippen LogP contribution >= 0.6 is 11.5 Å². The molecular formula is C14H27N5S. The minimum absolute atomic E-state index is 0.280. The van der Waals surface area contributed by atoms with Crippen molar-refractivity contribution < 1.29 is 0 Å². The number of rotatable bonds is 5. The van der Waals surface area contributed by atoms with Gasteiger partial charge in [-0.1, -0.05) is 11.4 Å². The van der Waals surface area contributed by atoms with E-state index in [-0.39, 0.29) is 5.54 Å². The summed E-state index contributed by atoms with van der Waals surface area (Å²) in [6.45, 7) is 15.5. The van der Waals surface area contributed by atoms with Gasteiger partial charge in [0.25, 0.3) is 0 Å². The van der Waals surface area contributed by atoms with Crippen LogP contribution in [0.4, 0.5) is 5.00 Å². The van der Waals surface area contributed by atoms with Crippen LogP contribution in [0.2, 0.25) is 0 Å². The Morgan fingerprint density at radius 3 is 2.50 bits per heavy atom. The summed E-state index contributed by atoms with van der Waals surface area (Å²) in [6.07, 6.45) is 1.13. The van der Waals surface area contributed by atoms with E-state index in [1.54, 1.807) is 0 Å². The molecule has 1 fully saturated rings. The Kier molecular flexibility index (Phi) is 5.35. The Balaban J connectivity index is 1.85. The SMILES string of the molecule is CCCNc1snnc1CN1CCN(C(C)(C)C)CC1. The molecule has 1 N–H and O–H groups in total. The number of nitrogens with zero attached hydrogens (tertiary/aromatic N) is 4. The second-order valence-electron chi connectivity index (χ2n) is 6.41. The monoisotopic (exact) mass is 297 g/mol. The zero-order valence-electron chi connectivity index (χ0n) is 13.1. The molecule has 0 spiro atoms. The van der Waals surface area contributed by atoms with Gasteiger partial charge in [-0.05, 0) is 27.2 Å². The molecule has 0 aromatic carbocycles. The summed E-state index contributed by atoms with van der Waals surface area (Å²) in [7, 11) is 0. The Morgan fingerprint density at radius 2 is 1.90 bits per heavy atom. The highest BCUT2D eigenvalue weighted by molar-refractivity contribution is 7.10. The zero-order chi connectivity index (χ0) is 14.6. The van der Waals surface area contributed by atoms with Crippen molar-refractivity contribution in [2.75, 3.05) is 38.0 Å². The van der Waals surface area contributed by atoms with Crippen LogP contribution in [0.3, 0.4) is 0 Å². The molecule has 6 heteroatoms. The molecule has 1 aromatic rings. The highest BCUT2D eigenvalue weighted by Gasteiger charge is 2.26. The second kappa shape index (κ2) is 6.83. The summed E-state index contributed by atoms with van der Waals surface area (Å²) in [5.74, 6) is 0. The van der Waals surface area contributed by atoms with E-state index in [4.69, 9.17) is 0 Å². The molecule has 0 saturated carbocycles. The molecule has 0 atom stereocenters. The summed E-state index contributed by atoms with van der Waals surface area (Å²) in [6, 6.07) is 0. The maximum Gasteiger partial charge on any atom is 0.134 e. The minimum atomic E-state index is 0.280. The fourth-order valence-corrected chi connectivity index (χ4v) is 3.07. The van der Waals surface area contributed by atoms with E-state index in [1.165, 1.54) is 11.5 Å². The van der Waals surface area contributed by atoms with Crippen LogP contribution < -0.4 is 5.32 Å². The lowest BCUT2D eigenvalue weighted by Crippen LogP contribution is -2.53. The van der Waals surface area contributed by atoms with E-state index < -0.39 is 0 Å². The normalized spacial score (nSPS) is 18.4. The van der Waals surface area contributed by atoms with E-state index in [0.717, 1.165) is 56.4 Å². The molecule has 0 amide bonds. The van der Waals surface area contributed by atoms with Gasteiger partial charge in [0.05, 0.1) is 0 Å². The van der Waals surface area contributed by atoms with Crippen LogP contribution in [0.1, 0.15) is 39.8 Å². The molecule has 1 aromatic heterocycles. The lowest BCUT2D eigenvalue weighted by Gasteiger charge is -2.42. The largest absolute Gasteiger partial charge is 0.374 e. The van der Waals surface area contributed by atoms with E-state index in [2.05, 4.69) is 52.4 Å². The average molecular weight is 297 g/mol. The number of piperazine rings is 1. The smallest absolute Gasteiger partial charge is 0.134 e. The molecule has 5 nitrogen and oxygen atoms in total. The summed E-state index contributed by atoms with van der Waals surface area (Å²) < 4.78 is 4.09. The van der Waals surface area contributed by atoms with E-state index in [0.29, 0.717) is 0 Å². The Bertz CT molecular complexity index is 404. The van der Waals surface area contributed by atoms with Gasteiger partial charge in [0.1, 0.15) is 10.7 Å². The van der Waals surface area contributed by atoms with Crippen molar-refractivity contribution in [3.05, 3.63) is 5.69 Å². The average Bonchev–Trinajstić information content (AvgIpc) is 2.83. The first kappa shape index (κ1) is 15.7. The molecule has 0 aliphatic carbocycles. The number of hydrogen-bond acceptors (Lipinski definition) is 6. The number of aromatic nitrogens is 2. The first-order valence-corrected chi connectivity index (χ1v) is 8.30. The predicted molar refractivity (Wildman–Crippen MR) is 85.3 cm³/mol. The Morgan fingerprint density at radius 1 is 1.20 bits per heavy atom. The van der Waals surface area contributed by atoms with Crippen LogP contribution in [-0.2, 0) is 6.54 Å². The molecule has 2 heterocycles. The van der Waals surface area contributed by atoms with Gasteiger partial charge in [-0.25, -0.2) is 0 Å². The van der Waals surface area contributed by atoms with Gasteiger partial charge in [-0.3, -0.25) is 9.80 Å². The first-order chi connectivity index (χ1) is 9.50. The summed E-state index contributed by atoms with van der Waals surface area (Å²) in [5, 5.41) is 8.85. The van der Waals surface area contributed by atoms with Gasteiger partial charge in [0, 0.05) is 56.3 Å². The molecule has 1 saturated heterocycles. The fourth-order valence-electron chi connectivity index (χ4n) is 2.47. The third-order valence-electron chi connectivity index (χ3n) is 3.79. The molecule has 1 aliphatic heterocycles. The summed E-state index contributed by atoms with van der Waals surface area (Å²) in [4.78, 5) is 5.04. The van der Waals surface area contributed by atoms with Crippen molar-refractivity contribution in [2.45, 2.75) is 46.2 Å². The highest BCUT2D eigenvalue weighted by Crippen LogP contribution is 2.21. The van der Waals surface area contributed by atoms with Crippen molar-refractivity contribution in [1.29, 1.82) is 0 Å². The lowest BCUT2D eigenvalue weighted by atomic mass is 10.0. The van der Waals surface area contributed by atoms with E-state index >= 15 is 0 Å². The van der Waals surface area contributed by atoms with Crippen molar-refractivity contribution in [3.63, 3.8) is 0 Å². The van der Waals surface area contributed by atoms with Gasteiger partial charge in [-0.2, -0.15) is 0 Å². The standard InChI is InChI=1S/C14H27N5S/c1-5-6-15-13-12(16-17-20-13)11-18-7-9-19(10-8-18)14(2,3)4/h15H,5-11H2,1-4H3. The highest BCUT2D eigenvalue weighted by atomic mass is 32.1. The van der Waals surface area contributed by atoms with Crippen LogP contribution in [0, 0.1) is 0 Å². The fraction of sp³-hybridized carbons (Fsp3) is 0.857. The quantitative estimate of drug-likeness (QED) is 0.903. The van der Waals surface area contributed by atoms with Crippen molar-refractivity contribution in [3.8, 4) is 0 Å². The van der Waals surface area contributed by atoms with Gasteiger partial charge in [0.15, 0.2) is 0 Å². The van der Waals surface area contributed by atoms with Crippen molar-refractivity contribution in [1.82, 2.24) is 19.4 Å². The molecule has 1 aliphatic rings. The number of hydrogen-bond donors (Lipinski definition) is 1. The molecule has 114 valence electrons. The third-order valence-corrected chi connectivity index (χ3v) is 4.51. The topological polar surface area (TPSA) is 44.3 Å².